The summed E-state index contributed by atoms with van der Waals surface area (Å²) in [4.78, 5) is 1.52. The molecule has 1 rings (SSSR count). The lowest BCUT2D eigenvalue weighted by atomic mass is 10.1. The fraction of sp³-hybridized carbons (Fsp3) is 0.667. The summed E-state index contributed by atoms with van der Waals surface area (Å²) in [5, 5.41) is 3.98. The molecule has 15 heavy (non-hydrogen) atoms. The van der Waals surface area contributed by atoms with E-state index in [-0.39, 0.29) is 12.6 Å². The van der Waals surface area contributed by atoms with Crippen molar-refractivity contribution in [3.8, 4) is 0 Å². The van der Waals surface area contributed by atoms with Crippen LogP contribution in [0.2, 0.25) is 0 Å². The van der Waals surface area contributed by atoms with Crippen molar-refractivity contribution < 1.29 is 8.78 Å². The van der Waals surface area contributed by atoms with Crippen molar-refractivity contribution in [2.75, 3.05) is 20.1 Å². The predicted molar refractivity (Wildman–Crippen MR) is 53.6 cm³/mol. The van der Waals surface area contributed by atoms with Gasteiger partial charge in [0.25, 0.3) is 6.43 Å². The first-order valence-corrected chi connectivity index (χ1v) is 4.70. The highest BCUT2D eigenvalue weighted by molar-refractivity contribution is 5.09. The number of nitrogens with two attached hydrogens (primary N) is 1. The van der Waals surface area contributed by atoms with Crippen LogP contribution in [0.25, 0.3) is 0 Å². The van der Waals surface area contributed by atoms with E-state index >= 15 is 0 Å². The van der Waals surface area contributed by atoms with Crippen LogP contribution >= 0.6 is 0 Å². The van der Waals surface area contributed by atoms with Crippen LogP contribution in [-0.4, -0.2) is 41.2 Å². The van der Waals surface area contributed by atoms with E-state index < -0.39 is 6.43 Å². The largest absolute Gasteiger partial charge is 0.323 e. The molecule has 0 saturated carbocycles. The maximum Gasteiger partial charge on any atom is 0.251 e. The first-order chi connectivity index (χ1) is 6.99. The highest BCUT2D eigenvalue weighted by Crippen LogP contribution is 2.10. The molecule has 0 aliphatic carbocycles. The minimum atomic E-state index is -2.32. The summed E-state index contributed by atoms with van der Waals surface area (Å²) in [6, 6.07) is -0.276. The van der Waals surface area contributed by atoms with Gasteiger partial charge in [0, 0.05) is 31.4 Å². The van der Waals surface area contributed by atoms with Crippen molar-refractivity contribution >= 4 is 0 Å². The summed E-state index contributed by atoms with van der Waals surface area (Å²) < 4.78 is 25.7. The molecule has 1 aromatic rings. The molecule has 0 saturated heterocycles. The number of halogens is 2. The third kappa shape index (κ3) is 3.93. The highest BCUT2D eigenvalue weighted by Gasteiger charge is 2.13. The van der Waals surface area contributed by atoms with Crippen LogP contribution in [0.5, 0.6) is 0 Å². The molecule has 2 N–H and O–H groups in total. The van der Waals surface area contributed by atoms with Gasteiger partial charge in [-0.3, -0.25) is 9.58 Å². The van der Waals surface area contributed by atoms with Gasteiger partial charge in [-0.2, -0.15) is 5.10 Å². The molecule has 6 heteroatoms. The quantitative estimate of drug-likeness (QED) is 0.788. The number of nitrogens with zero attached hydrogens (tertiary/aromatic N) is 3. The van der Waals surface area contributed by atoms with Gasteiger partial charge >= 0.3 is 0 Å². The lowest BCUT2D eigenvalue weighted by Gasteiger charge is -2.19. The lowest BCUT2D eigenvalue weighted by Crippen LogP contribution is -2.32. The second-order valence-corrected chi connectivity index (χ2v) is 3.67. The van der Waals surface area contributed by atoms with Crippen molar-refractivity contribution in [1.29, 1.82) is 0 Å². The Balaban J connectivity index is 2.45. The van der Waals surface area contributed by atoms with Gasteiger partial charge in [-0.25, -0.2) is 8.78 Å². The van der Waals surface area contributed by atoms with Crippen molar-refractivity contribution in [1.82, 2.24) is 14.7 Å². The molecule has 0 bridgehead atoms. The van der Waals surface area contributed by atoms with Crippen LogP contribution in [0.4, 0.5) is 8.78 Å². The molecule has 1 unspecified atom stereocenters. The van der Waals surface area contributed by atoms with Gasteiger partial charge in [0.2, 0.25) is 0 Å². The first-order valence-electron chi connectivity index (χ1n) is 4.70. The molecule has 0 aliphatic heterocycles. The predicted octanol–water partition coefficient (Wildman–Crippen LogP) is 0.617. The van der Waals surface area contributed by atoms with Gasteiger partial charge in [0.15, 0.2) is 0 Å². The summed E-state index contributed by atoms with van der Waals surface area (Å²) >= 11 is 0. The minimum absolute atomic E-state index is 0.256. The Morgan fingerprint density at radius 3 is 2.67 bits per heavy atom. The summed E-state index contributed by atoms with van der Waals surface area (Å²) in [7, 11) is 3.42. The van der Waals surface area contributed by atoms with Gasteiger partial charge < -0.3 is 5.73 Å². The molecule has 1 aromatic heterocycles. The lowest BCUT2D eigenvalue weighted by molar-refractivity contribution is 0.0978. The number of alkyl halides is 2. The summed E-state index contributed by atoms with van der Waals surface area (Å²) in [5.41, 5.74) is 6.70. The average Bonchev–Trinajstić information content (AvgIpc) is 2.49. The number of likely N-dealkylation sites (N-methyl/N-ethyl adjacent to an activating group) is 1. The molecule has 0 aromatic carbocycles. The van der Waals surface area contributed by atoms with Crippen LogP contribution < -0.4 is 5.73 Å². The first kappa shape index (κ1) is 12.1. The second-order valence-electron chi connectivity index (χ2n) is 3.67. The van der Waals surface area contributed by atoms with E-state index in [1.165, 1.54) is 4.90 Å². The zero-order valence-electron chi connectivity index (χ0n) is 8.90. The molecule has 0 spiro atoms. The molecular weight excluding hydrogens is 202 g/mol. The SMILES string of the molecule is CN(CC(F)F)CC(N)c1cnn(C)c1. The molecule has 0 radical (unpaired) electrons. The molecule has 1 atom stereocenters. The van der Waals surface area contributed by atoms with Crippen molar-refractivity contribution in [2.24, 2.45) is 12.8 Å². The Labute approximate surface area is 87.7 Å². The summed E-state index contributed by atoms with van der Waals surface area (Å²) in [6.45, 7) is 0.143. The van der Waals surface area contributed by atoms with E-state index in [1.807, 2.05) is 0 Å². The van der Waals surface area contributed by atoms with Crippen molar-refractivity contribution in [3.05, 3.63) is 18.0 Å². The fourth-order valence-corrected chi connectivity index (χ4v) is 1.38. The van der Waals surface area contributed by atoms with Crippen LogP contribution in [-0.2, 0) is 7.05 Å². The van der Waals surface area contributed by atoms with Crippen molar-refractivity contribution in [2.45, 2.75) is 12.5 Å². The maximum absolute atomic E-state index is 12.0. The second kappa shape index (κ2) is 5.18. The molecule has 0 amide bonds. The minimum Gasteiger partial charge on any atom is -0.323 e. The van der Waals surface area contributed by atoms with Crippen LogP contribution in [0.1, 0.15) is 11.6 Å². The van der Waals surface area contributed by atoms with E-state index in [9.17, 15) is 8.78 Å². The zero-order chi connectivity index (χ0) is 11.4. The van der Waals surface area contributed by atoms with E-state index in [1.54, 1.807) is 31.2 Å². The number of aryl methyl sites for hydroxylation is 1. The van der Waals surface area contributed by atoms with Crippen LogP contribution in [0, 0.1) is 0 Å². The fourth-order valence-electron chi connectivity index (χ4n) is 1.38. The smallest absolute Gasteiger partial charge is 0.251 e. The van der Waals surface area contributed by atoms with E-state index in [0.29, 0.717) is 6.54 Å². The number of hydrogen-bond acceptors (Lipinski definition) is 3. The molecule has 86 valence electrons. The van der Waals surface area contributed by atoms with E-state index in [2.05, 4.69) is 5.10 Å². The van der Waals surface area contributed by atoms with Gasteiger partial charge in [0.1, 0.15) is 0 Å². The number of hydrogen-bond donors (Lipinski definition) is 1. The van der Waals surface area contributed by atoms with E-state index in [4.69, 9.17) is 5.73 Å². The standard InChI is InChI=1S/C9H16F2N4/c1-14(6-9(10)11)5-8(12)7-3-13-15(2)4-7/h3-4,8-9H,5-6,12H2,1-2H3. The third-order valence-electron chi connectivity index (χ3n) is 2.11. The highest BCUT2D eigenvalue weighted by atomic mass is 19.3. The average molecular weight is 218 g/mol. The van der Waals surface area contributed by atoms with Crippen LogP contribution in [0.15, 0.2) is 12.4 Å². The maximum atomic E-state index is 12.0. The number of aromatic nitrogens is 2. The molecule has 0 aliphatic rings. The van der Waals surface area contributed by atoms with Crippen LogP contribution in [0.3, 0.4) is 0 Å². The monoisotopic (exact) mass is 218 g/mol. The molecular formula is C9H16F2N4. The van der Waals surface area contributed by atoms with Gasteiger partial charge in [-0.15, -0.1) is 0 Å². The van der Waals surface area contributed by atoms with Gasteiger partial charge in [-0.05, 0) is 7.05 Å². The Morgan fingerprint density at radius 1 is 1.53 bits per heavy atom. The Hall–Kier alpha value is -1.01. The zero-order valence-corrected chi connectivity index (χ0v) is 8.90. The normalized spacial score (nSPS) is 13.8. The summed E-state index contributed by atoms with van der Waals surface area (Å²) in [5.74, 6) is 0. The number of rotatable bonds is 5. The van der Waals surface area contributed by atoms with Crippen molar-refractivity contribution in [3.63, 3.8) is 0 Å². The topological polar surface area (TPSA) is 47.1 Å². The summed E-state index contributed by atoms with van der Waals surface area (Å²) in [6.07, 6.45) is 1.12. The third-order valence-corrected chi connectivity index (χ3v) is 2.11. The Morgan fingerprint density at radius 2 is 2.20 bits per heavy atom. The van der Waals surface area contributed by atoms with E-state index in [0.717, 1.165) is 5.56 Å². The molecule has 0 fully saturated rings. The van der Waals surface area contributed by atoms with Gasteiger partial charge in [0.05, 0.1) is 12.7 Å². The molecule has 4 nitrogen and oxygen atoms in total. The Kier molecular flexibility index (Phi) is 4.16. The van der Waals surface area contributed by atoms with Gasteiger partial charge in [-0.1, -0.05) is 0 Å². The Bertz CT molecular complexity index is 300. The molecule has 1 heterocycles.